The van der Waals surface area contributed by atoms with Gasteiger partial charge in [0.1, 0.15) is 5.75 Å². The van der Waals surface area contributed by atoms with Gasteiger partial charge in [0.25, 0.3) is 11.8 Å². The highest BCUT2D eigenvalue weighted by Crippen LogP contribution is 2.50. The summed E-state index contributed by atoms with van der Waals surface area (Å²) < 4.78 is 27.2. The molecule has 1 N–H and O–H groups in total. The molecule has 30 heavy (non-hydrogen) atoms. The minimum Gasteiger partial charge on any atom is -0.508 e. The summed E-state index contributed by atoms with van der Waals surface area (Å²) in [5.41, 5.74) is 0.490. The molecule has 0 aromatic heterocycles. The molecule has 1 unspecified atom stereocenters. The van der Waals surface area contributed by atoms with Crippen molar-refractivity contribution in [3.05, 3.63) is 101 Å². The van der Waals surface area contributed by atoms with Crippen LogP contribution in [0.1, 0.15) is 31.8 Å². The Morgan fingerprint density at radius 2 is 1.67 bits per heavy atom. The van der Waals surface area contributed by atoms with E-state index in [1.54, 1.807) is 41.3 Å². The predicted octanol–water partition coefficient (Wildman–Crippen LogP) is 3.48. The van der Waals surface area contributed by atoms with Crippen molar-refractivity contribution in [1.29, 1.82) is 0 Å². The van der Waals surface area contributed by atoms with Gasteiger partial charge in [0.2, 0.25) is 0 Å². The van der Waals surface area contributed by atoms with Crippen molar-refractivity contribution < 1.29 is 23.5 Å². The van der Waals surface area contributed by atoms with Gasteiger partial charge in [-0.2, -0.15) is 0 Å². The van der Waals surface area contributed by atoms with Gasteiger partial charge in [-0.15, -0.1) is 0 Å². The summed E-state index contributed by atoms with van der Waals surface area (Å²) in [6.07, 6.45) is 0. The first kappa shape index (κ1) is 18.3. The number of carbonyl (C=O) groups excluding carboxylic acids is 2. The number of carbonyl (C=O) groups is 2. The smallest absolute Gasteiger partial charge is 0.256 e. The van der Waals surface area contributed by atoms with Crippen molar-refractivity contribution >= 4 is 11.8 Å². The molecule has 0 radical (unpaired) electrons. The number of aromatic hydroxyl groups is 1. The summed E-state index contributed by atoms with van der Waals surface area (Å²) in [4.78, 5) is 29.7. The Bertz CT molecular complexity index is 1200. The first-order chi connectivity index (χ1) is 14.4. The fourth-order valence-corrected chi connectivity index (χ4v) is 4.52. The van der Waals surface area contributed by atoms with Crippen LogP contribution >= 0.6 is 0 Å². The Hall–Kier alpha value is -3.74. The minimum atomic E-state index is -1.23. The number of fused-ring (bicyclic) bond motifs is 3. The van der Waals surface area contributed by atoms with Gasteiger partial charge in [0.05, 0.1) is 0 Å². The van der Waals surface area contributed by atoms with Crippen LogP contribution in [0.3, 0.4) is 0 Å². The van der Waals surface area contributed by atoms with Gasteiger partial charge in [0, 0.05) is 35.3 Å². The van der Waals surface area contributed by atoms with E-state index in [4.69, 9.17) is 0 Å². The Kier molecular flexibility index (Phi) is 3.89. The number of phenolic OH excluding ortho intramolecular Hbond substituents is 1. The Morgan fingerprint density at radius 3 is 2.40 bits per heavy atom. The summed E-state index contributed by atoms with van der Waals surface area (Å²) in [5.74, 6) is -2.83. The van der Waals surface area contributed by atoms with E-state index in [0.717, 1.165) is 12.1 Å². The SMILES string of the molecule is O=C(c1ccc(F)c(F)c1)N1CCN2C(=O)c3ccccc3C12c1ccc(O)cc1. The van der Waals surface area contributed by atoms with Crippen molar-refractivity contribution in [1.82, 2.24) is 9.80 Å². The van der Waals surface area contributed by atoms with Gasteiger partial charge >= 0.3 is 0 Å². The third-order valence-corrected chi connectivity index (χ3v) is 5.79. The molecule has 1 fully saturated rings. The zero-order chi connectivity index (χ0) is 21.0. The van der Waals surface area contributed by atoms with Crippen LogP contribution in [0.5, 0.6) is 5.75 Å². The fourth-order valence-electron chi connectivity index (χ4n) is 4.52. The molecule has 5 nitrogen and oxygen atoms in total. The van der Waals surface area contributed by atoms with Crippen molar-refractivity contribution in [2.45, 2.75) is 5.66 Å². The van der Waals surface area contributed by atoms with Crippen molar-refractivity contribution in [2.24, 2.45) is 0 Å². The Labute approximate surface area is 170 Å². The van der Waals surface area contributed by atoms with Gasteiger partial charge in [-0.3, -0.25) is 9.59 Å². The largest absolute Gasteiger partial charge is 0.508 e. The van der Waals surface area contributed by atoms with E-state index < -0.39 is 23.2 Å². The lowest BCUT2D eigenvalue weighted by atomic mass is 9.89. The number of halogens is 2. The van der Waals surface area contributed by atoms with Crippen LogP contribution in [0, 0.1) is 11.6 Å². The first-order valence-corrected chi connectivity index (χ1v) is 9.42. The molecule has 2 aliphatic rings. The second kappa shape index (κ2) is 6.38. The molecule has 0 aliphatic carbocycles. The fraction of sp³-hybridized carbons (Fsp3) is 0.130. The van der Waals surface area contributed by atoms with Gasteiger partial charge in [-0.1, -0.05) is 30.3 Å². The molecule has 2 amide bonds. The van der Waals surface area contributed by atoms with Crippen molar-refractivity contribution in [3.63, 3.8) is 0 Å². The maximum atomic E-state index is 13.8. The highest BCUT2D eigenvalue weighted by Gasteiger charge is 2.59. The van der Waals surface area contributed by atoms with Crippen LogP contribution in [-0.2, 0) is 5.66 Å². The maximum absolute atomic E-state index is 13.8. The number of phenols is 1. The quantitative estimate of drug-likeness (QED) is 0.709. The van der Waals surface area contributed by atoms with Crippen LogP contribution in [0.25, 0.3) is 0 Å². The lowest BCUT2D eigenvalue weighted by Gasteiger charge is -2.40. The van der Waals surface area contributed by atoms with Crippen LogP contribution < -0.4 is 0 Å². The third-order valence-electron chi connectivity index (χ3n) is 5.79. The summed E-state index contributed by atoms with van der Waals surface area (Å²) in [6.45, 7) is 0.503. The van der Waals surface area contributed by atoms with Gasteiger partial charge in [-0.25, -0.2) is 8.78 Å². The number of nitrogens with zero attached hydrogens (tertiary/aromatic N) is 2. The lowest BCUT2D eigenvalue weighted by Crippen LogP contribution is -2.51. The number of hydrogen-bond donors (Lipinski definition) is 1. The molecule has 0 spiro atoms. The second-order valence-electron chi connectivity index (χ2n) is 7.31. The minimum absolute atomic E-state index is 0.00858. The van der Waals surface area contributed by atoms with Gasteiger partial charge in [-0.05, 0) is 36.4 Å². The molecule has 0 bridgehead atoms. The van der Waals surface area contributed by atoms with Crippen LogP contribution in [0.2, 0.25) is 0 Å². The van der Waals surface area contributed by atoms with Crippen molar-refractivity contribution in [2.75, 3.05) is 13.1 Å². The summed E-state index contributed by atoms with van der Waals surface area (Å²) in [6, 6.07) is 16.4. The Balaban J connectivity index is 1.74. The van der Waals surface area contributed by atoms with Crippen LogP contribution in [0.15, 0.2) is 66.7 Å². The number of benzene rings is 3. The number of rotatable bonds is 2. The van der Waals surface area contributed by atoms with Crippen LogP contribution in [-0.4, -0.2) is 39.8 Å². The highest BCUT2D eigenvalue weighted by atomic mass is 19.2. The molecule has 5 rings (SSSR count). The standard InChI is InChI=1S/C23H16F2N2O3/c24-19-10-5-14(13-20(19)25)21(29)26-11-12-27-22(30)17-3-1-2-4-18(17)23(26,27)15-6-8-16(28)9-7-15/h1-10,13,28H,11-12H2. The summed E-state index contributed by atoms with van der Waals surface area (Å²) in [5, 5.41) is 9.76. The maximum Gasteiger partial charge on any atom is 0.256 e. The Morgan fingerprint density at radius 1 is 0.933 bits per heavy atom. The number of amides is 2. The number of hydrogen-bond acceptors (Lipinski definition) is 3. The molecule has 0 saturated carbocycles. The molecule has 150 valence electrons. The summed E-state index contributed by atoms with van der Waals surface area (Å²) >= 11 is 0. The normalized spacial score (nSPS) is 19.7. The lowest BCUT2D eigenvalue weighted by molar-refractivity contribution is 0.0375. The van der Waals surface area contributed by atoms with E-state index in [-0.39, 0.29) is 30.3 Å². The van der Waals surface area contributed by atoms with E-state index >= 15 is 0 Å². The first-order valence-electron chi connectivity index (χ1n) is 9.42. The zero-order valence-corrected chi connectivity index (χ0v) is 15.7. The van der Waals surface area contributed by atoms with E-state index in [2.05, 4.69) is 0 Å². The second-order valence-corrected chi connectivity index (χ2v) is 7.31. The topological polar surface area (TPSA) is 60.9 Å². The molecule has 2 heterocycles. The molecular formula is C23H16F2N2O3. The van der Waals surface area contributed by atoms with E-state index in [1.165, 1.54) is 23.1 Å². The monoisotopic (exact) mass is 406 g/mol. The van der Waals surface area contributed by atoms with Crippen molar-refractivity contribution in [3.8, 4) is 5.75 Å². The average molecular weight is 406 g/mol. The highest BCUT2D eigenvalue weighted by molar-refractivity contribution is 6.03. The molecule has 3 aromatic carbocycles. The van der Waals surface area contributed by atoms with Gasteiger partial charge < -0.3 is 14.9 Å². The van der Waals surface area contributed by atoms with E-state index in [9.17, 15) is 23.5 Å². The third kappa shape index (κ3) is 2.32. The van der Waals surface area contributed by atoms with Crippen LogP contribution in [0.4, 0.5) is 8.78 Å². The molecule has 1 saturated heterocycles. The molecule has 1 atom stereocenters. The molecule has 2 aliphatic heterocycles. The van der Waals surface area contributed by atoms with Gasteiger partial charge in [0.15, 0.2) is 17.3 Å². The average Bonchev–Trinajstić information content (AvgIpc) is 3.26. The molecule has 3 aromatic rings. The molecule has 7 heteroatoms. The van der Waals surface area contributed by atoms with E-state index in [1.807, 2.05) is 0 Å². The predicted molar refractivity (Wildman–Crippen MR) is 104 cm³/mol. The van der Waals surface area contributed by atoms with E-state index in [0.29, 0.717) is 16.7 Å². The summed E-state index contributed by atoms with van der Waals surface area (Å²) in [7, 11) is 0. The molecular weight excluding hydrogens is 390 g/mol. The zero-order valence-electron chi connectivity index (χ0n) is 15.7.